The van der Waals surface area contributed by atoms with Gasteiger partial charge in [0.15, 0.2) is 0 Å². The third kappa shape index (κ3) is 5.53. The number of ether oxygens (including phenoxy) is 1. The van der Waals surface area contributed by atoms with Crippen LogP contribution < -0.4 is 0 Å². The van der Waals surface area contributed by atoms with Gasteiger partial charge in [0, 0.05) is 26.1 Å². The van der Waals surface area contributed by atoms with Crippen molar-refractivity contribution >= 4 is 5.78 Å². The van der Waals surface area contributed by atoms with Crippen molar-refractivity contribution < 1.29 is 9.53 Å². The molecule has 1 aromatic rings. The zero-order valence-corrected chi connectivity index (χ0v) is 12.3. The Morgan fingerprint density at radius 3 is 2.32 bits per heavy atom. The topological polar surface area (TPSA) is 29.5 Å². The van der Waals surface area contributed by atoms with Crippen LogP contribution in [0.3, 0.4) is 0 Å². The minimum absolute atomic E-state index is 0.222. The molecule has 1 aliphatic heterocycles. The molecule has 0 aromatic heterocycles. The first-order valence-corrected chi connectivity index (χ1v) is 7.12. The summed E-state index contributed by atoms with van der Waals surface area (Å²) in [5.41, 5.74) is 2.43. The number of ketones is 1. The van der Waals surface area contributed by atoms with E-state index in [0.29, 0.717) is 6.42 Å². The van der Waals surface area contributed by atoms with Crippen molar-refractivity contribution in [2.24, 2.45) is 0 Å². The van der Waals surface area contributed by atoms with Gasteiger partial charge in [-0.3, -0.25) is 9.69 Å². The van der Waals surface area contributed by atoms with Gasteiger partial charge in [-0.2, -0.15) is 0 Å². The Morgan fingerprint density at radius 1 is 1.16 bits per heavy atom. The predicted octanol–water partition coefficient (Wildman–Crippen LogP) is 2.68. The van der Waals surface area contributed by atoms with E-state index in [2.05, 4.69) is 17.0 Å². The molecule has 19 heavy (non-hydrogen) atoms. The summed E-state index contributed by atoms with van der Waals surface area (Å²) in [6.45, 7) is 10.2. The molecule has 0 bridgehead atoms. The minimum atomic E-state index is 0.222. The maximum Gasteiger partial charge on any atom is 0.134 e. The monoisotopic (exact) mass is 263 g/mol. The van der Waals surface area contributed by atoms with E-state index in [1.165, 1.54) is 5.56 Å². The fourth-order valence-corrected chi connectivity index (χ4v) is 2.15. The first-order chi connectivity index (χ1) is 9.25. The molecular weight excluding hydrogens is 238 g/mol. The van der Waals surface area contributed by atoms with E-state index < -0.39 is 0 Å². The molecule has 1 fully saturated rings. The summed E-state index contributed by atoms with van der Waals surface area (Å²) < 4.78 is 5.34. The largest absolute Gasteiger partial charge is 0.379 e. The van der Waals surface area contributed by atoms with Crippen LogP contribution >= 0.6 is 0 Å². The van der Waals surface area contributed by atoms with Crippen LogP contribution in [-0.2, 0) is 22.5 Å². The standard InChI is InChI=1S/C14H19NO2.C2H6/c1-12(16)10-13-4-2-3-5-14(13)11-15-6-8-17-9-7-15;1-2/h2-5H,6-11H2,1H3;1-2H3. The second kappa shape index (κ2) is 8.83. The van der Waals surface area contributed by atoms with Crippen LogP contribution in [0.5, 0.6) is 0 Å². The zero-order valence-electron chi connectivity index (χ0n) is 12.3. The maximum atomic E-state index is 11.2. The van der Waals surface area contributed by atoms with Gasteiger partial charge in [-0.25, -0.2) is 0 Å². The lowest BCUT2D eigenvalue weighted by atomic mass is 10.0. The van der Waals surface area contributed by atoms with E-state index in [1.807, 2.05) is 26.0 Å². The van der Waals surface area contributed by atoms with Crippen LogP contribution in [0, 0.1) is 0 Å². The second-order valence-electron chi connectivity index (χ2n) is 4.54. The van der Waals surface area contributed by atoms with E-state index in [4.69, 9.17) is 4.74 Å². The zero-order chi connectivity index (χ0) is 14.1. The van der Waals surface area contributed by atoms with Crippen molar-refractivity contribution in [2.75, 3.05) is 26.3 Å². The SMILES string of the molecule is CC.CC(=O)Cc1ccccc1CN1CCOCC1. The lowest BCUT2D eigenvalue weighted by Gasteiger charge is -2.27. The molecule has 0 aliphatic carbocycles. The third-order valence-corrected chi connectivity index (χ3v) is 3.06. The fraction of sp³-hybridized carbons (Fsp3) is 0.562. The van der Waals surface area contributed by atoms with Gasteiger partial charge in [0.1, 0.15) is 5.78 Å². The molecule has 0 radical (unpaired) electrons. The molecule has 1 aromatic carbocycles. The summed E-state index contributed by atoms with van der Waals surface area (Å²) in [5.74, 6) is 0.222. The quantitative estimate of drug-likeness (QED) is 0.836. The summed E-state index contributed by atoms with van der Waals surface area (Å²) in [6.07, 6.45) is 0.542. The van der Waals surface area contributed by atoms with Gasteiger partial charge in [0.05, 0.1) is 13.2 Å². The lowest BCUT2D eigenvalue weighted by Crippen LogP contribution is -2.35. The molecule has 1 heterocycles. The van der Waals surface area contributed by atoms with E-state index >= 15 is 0 Å². The Labute approximate surface area is 116 Å². The molecule has 0 saturated carbocycles. The molecule has 2 rings (SSSR count). The number of carbonyl (C=O) groups excluding carboxylic acids is 1. The first kappa shape index (κ1) is 15.9. The van der Waals surface area contributed by atoms with Gasteiger partial charge in [0.2, 0.25) is 0 Å². The van der Waals surface area contributed by atoms with Gasteiger partial charge < -0.3 is 4.74 Å². The van der Waals surface area contributed by atoms with Crippen molar-refractivity contribution in [3.8, 4) is 0 Å². The van der Waals surface area contributed by atoms with Crippen LogP contribution in [0.1, 0.15) is 31.9 Å². The van der Waals surface area contributed by atoms with Crippen LogP contribution in [0.15, 0.2) is 24.3 Å². The van der Waals surface area contributed by atoms with E-state index in [0.717, 1.165) is 38.4 Å². The Bertz CT molecular complexity index is 384. The fourth-order valence-electron chi connectivity index (χ4n) is 2.15. The summed E-state index contributed by atoms with van der Waals surface area (Å²) in [7, 11) is 0. The lowest BCUT2D eigenvalue weighted by molar-refractivity contribution is -0.116. The highest BCUT2D eigenvalue weighted by Crippen LogP contribution is 2.13. The smallest absolute Gasteiger partial charge is 0.134 e. The number of hydrogen-bond donors (Lipinski definition) is 0. The van der Waals surface area contributed by atoms with Crippen molar-refractivity contribution in [3.05, 3.63) is 35.4 Å². The van der Waals surface area contributed by atoms with Gasteiger partial charge in [-0.05, 0) is 18.1 Å². The Kier molecular flexibility index (Phi) is 7.38. The predicted molar refractivity (Wildman–Crippen MR) is 78.3 cm³/mol. The number of carbonyl (C=O) groups is 1. The second-order valence-corrected chi connectivity index (χ2v) is 4.54. The number of hydrogen-bond acceptors (Lipinski definition) is 3. The maximum absolute atomic E-state index is 11.2. The van der Waals surface area contributed by atoms with E-state index in [9.17, 15) is 4.79 Å². The van der Waals surface area contributed by atoms with Gasteiger partial charge in [-0.15, -0.1) is 0 Å². The Balaban J connectivity index is 0.000000861. The molecule has 106 valence electrons. The van der Waals surface area contributed by atoms with Crippen LogP contribution in [-0.4, -0.2) is 37.0 Å². The highest BCUT2D eigenvalue weighted by atomic mass is 16.5. The number of rotatable bonds is 4. The summed E-state index contributed by atoms with van der Waals surface area (Å²) in [6, 6.07) is 8.21. The molecule has 0 spiro atoms. The van der Waals surface area contributed by atoms with Crippen molar-refractivity contribution in [1.82, 2.24) is 4.90 Å². The van der Waals surface area contributed by atoms with E-state index in [-0.39, 0.29) is 5.78 Å². The first-order valence-electron chi connectivity index (χ1n) is 7.12. The summed E-state index contributed by atoms with van der Waals surface area (Å²) >= 11 is 0. The molecule has 1 aliphatic rings. The van der Waals surface area contributed by atoms with E-state index in [1.54, 1.807) is 6.92 Å². The van der Waals surface area contributed by atoms with Gasteiger partial charge >= 0.3 is 0 Å². The minimum Gasteiger partial charge on any atom is -0.379 e. The average molecular weight is 263 g/mol. The highest BCUT2D eigenvalue weighted by Gasteiger charge is 2.12. The molecule has 0 amide bonds. The molecule has 1 saturated heterocycles. The van der Waals surface area contributed by atoms with Crippen LogP contribution in [0.4, 0.5) is 0 Å². The Morgan fingerprint density at radius 2 is 1.74 bits per heavy atom. The van der Waals surface area contributed by atoms with Crippen molar-refractivity contribution in [3.63, 3.8) is 0 Å². The Hall–Kier alpha value is -1.19. The number of benzene rings is 1. The molecule has 3 heteroatoms. The van der Waals surface area contributed by atoms with Gasteiger partial charge in [0.25, 0.3) is 0 Å². The molecule has 3 nitrogen and oxygen atoms in total. The summed E-state index contributed by atoms with van der Waals surface area (Å²) in [5, 5.41) is 0. The normalized spacial score (nSPS) is 15.5. The average Bonchev–Trinajstić information content (AvgIpc) is 2.44. The molecule has 0 N–H and O–H groups in total. The number of Topliss-reactive ketones (excluding diaryl/α,β-unsaturated/α-hetero) is 1. The van der Waals surface area contributed by atoms with Gasteiger partial charge in [-0.1, -0.05) is 38.1 Å². The van der Waals surface area contributed by atoms with Crippen molar-refractivity contribution in [2.45, 2.75) is 33.7 Å². The highest BCUT2D eigenvalue weighted by molar-refractivity contribution is 5.78. The van der Waals surface area contributed by atoms with Crippen LogP contribution in [0.2, 0.25) is 0 Å². The van der Waals surface area contributed by atoms with Crippen molar-refractivity contribution in [1.29, 1.82) is 0 Å². The molecular formula is C16H25NO2. The number of nitrogens with zero attached hydrogens (tertiary/aromatic N) is 1. The summed E-state index contributed by atoms with van der Waals surface area (Å²) in [4.78, 5) is 13.6. The third-order valence-electron chi connectivity index (χ3n) is 3.06. The molecule has 0 unspecified atom stereocenters. The molecule has 0 atom stereocenters. The van der Waals surface area contributed by atoms with Crippen LogP contribution in [0.25, 0.3) is 0 Å². The number of morpholine rings is 1.